The molecule has 4 nitrogen and oxygen atoms in total. The van der Waals surface area contributed by atoms with Crippen molar-refractivity contribution < 1.29 is 14.6 Å². The minimum atomic E-state index is -0.555. The number of nitrogens with zero attached hydrogens (tertiary/aromatic N) is 1. The third-order valence-corrected chi connectivity index (χ3v) is 3.84. The largest absolute Gasteiger partial charge is 0.497 e. The first kappa shape index (κ1) is 13.4. The average molecular weight is 336 g/mol. The van der Waals surface area contributed by atoms with Gasteiger partial charge in [-0.1, -0.05) is 0 Å². The zero-order valence-electron chi connectivity index (χ0n) is 10.9. The van der Waals surface area contributed by atoms with Crippen LogP contribution in [0, 0.1) is 0 Å². The second kappa shape index (κ2) is 5.42. The number of hydrogen-bond donors (Lipinski definition) is 1. The van der Waals surface area contributed by atoms with Crippen LogP contribution in [0.1, 0.15) is 29.9 Å². The lowest BCUT2D eigenvalue weighted by molar-refractivity contribution is 0.0634. The number of pyridine rings is 1. The van der Waals surface area contributed by atoms with E-state index in [-0.39, 0.29) is 6.10 Å². The molecule has 0 bridgehead atoms. The predicted octanol–water partition coefficient (Wildman–Crippen LogP) is 3.41. The van der Waals surface area contributed by atoms with Gasteiger partial charge in [-0.15, -0.1) is 0 Å². The first-order valence-electron chi connectivity index (χ1n) is 6.31. The summed E-state index contributed by atoms with van der Waals surface area (Å²) in [5.41, 5.74) is 1.60. The highest BCUT2D eigenvalue weighted by atomic mass is 79.9. The summed E-state index contributed by atoms with van der Waals surface area (Å²) in [6, 6.07) is 9.27. The Morgan fingerprint density at radius 1 is 1.35 bits per heavy atom. The summed E-state index contributed by atoms with van der Waals surface area (Å²) in [4.78, 5) is 4.34. The number of fused-ring (bicyclic) bond motifs is 1. The van der Waals surface area contributed by atoms with Crippen LogP contribution in [0.25, 0.3) is 0 Å². The molecular weight excluding hydrogens is 322 g/mol. The molecule has 2 aromatic rings. The van der Waals surface area contributed by atoms with Crippen molar-refractivity contribution in [2.45, 2.75) is 18.6 Å². The maximum absolute atomic E-state index is 10.3. The summed E-state index contributed by atoms with van der Waals surface area (Å²) >= 11 is 3.36. The number of rotatable bonds is 2. The van der Waals surface area contributed by atoms with Crippen molar-refractivity contribution in [1.29, 1.82) is 0 Å². The van der Waals surface area contributed by atoms with E-state index < -0.39 is 6.10 Å². The van der Waals surface area contributed by atoms with Crippen LogP contribution >= 0.6 is 15.9 Å². The molecule has 3 rings (SSSR count). The number of aliphatic hydroxyl groups excluding tert-OH is 1. The molecule has 1 N–H and O–H groups in total. The Labute approximate surface area is 125 Å². The Kier molecular flexibility index (Phi) is 3.63. The lowest BCUT2D eigenvalue weighted by Crippen LogP contribution is -2.19. The Hall–Kier alpha value is -1.59. The molecular formula is C15H14BrNO3. The van der Waals surface area contributed by atoms with Gasteiger partial charge >= 0.3 is 0 Å². The van der Waals surface area contributed by atoms with Crippen LogP contribution in [0.5, 0.6) is 11.5 Å². The monoisotopic (exact) mass is 335 g/mol. The number of aromatic nitrogens is 1. The van der Waals surface area contributed by atoms with Crippen molar-refractivity contribution in [1.82, 2.24) is 4.98 Å². The number of ether oxygens (including phenoxy) is 2. The minimum absolute atomic E-state index is 0.252. The molecule has 20 heavy (non-hydrogen) atoms. The minimum Gasteiger partial charge on any atom is -0.497 e. The Bertz CT molecular complexity index is 615. The fraction of sp³-hybridized carbons (Fsp3) is 0.267. The van der Waals surface area contributed by atoms with E-state index in [9.17, 15) is 5.11 Å². The van der Waals surface area contributed by atoms with Gasteiger partial charge in [-0.25, -0.2) is 0 Å². The van der Waals surface area contributed by atoms with Crippen molar-refractivity contribution in [3.8, 4) is 11.5 Å². The molecule has 1 aliphatic rings. The van der Waals surface area contributed by atoms with E-state index in [2.05, 4.69) is 20.9 Å². The van der Waals surface area contributed by atoms with E-state index in [0.29, 0.717) is 17.9 Å². The molecule has 0 saturated heterocycles. The van der Waals surface area contributed by atoms with E-state index in [4.69, 9.17) is 9.47 Å². The van der Waals surface area contributed by atoms with Crippen molar-refractivity contribution in [2.24, 2.45) is 0 Å². The molecule has 1 unspecified atom stereocenters. The standard InChI is InChI=1S/C15H14BrNO3/c1-19-10-3-4-11-13(18)7-15(20-14(11)6-10)12-5-2-9(16)8-17-12/h2-6,8,13,15,18H,7H2,1H3/t13-,15?/m0/s1. The van der Waals surface area contributed by atoms with Crippen LogP contribution in [-0.4, -0.2) is 17.2 Å². The van der Waals surface area contributed by atoms with E-state index in [1.54, 1.807) is 19.4 Å². The van der Waals surface area contributed by atoms with Gasteiger partial charge in [0.2, 0.25) is 0 Å². The van der Waals surface area contributed by atoms with Gasteiger partial charge in [0.25, 0.3) is 0 Å². The molecule has 0 spiro atoms. The highest BCUT2D eigenvalue weighted by Crippen LogP contribution is 2.41. The Morgan fingerprint density at radius 3 is 2.90 bits per heavy atom. The quantitative estimate of drug-likeness (QED) is 0.913. The first-order chi connectivity index (χ1) is 9.67. The second-order valence-corrected chi connectivity index (χ2v) is 5.58. The summed E-state index contributed by atoms with van der Waals surface area (Å²) in [6.07, 6.45) is 1.41. The SMILES string of the molecule is COc1ccc2c(c1)OC(c1ccc(Br)cn1)C[C@@H]2O. The molecule has 0 amide bonds. The normalized spacial score (nSPS) is 20.9. The van der Waals surface area contributed by atoms with Gasteiger partial charge < -0.3 is 14.6 Å². The summed E-state index contributed by atoms with van der Waals surface area (Å²) in [5.74, 6) is 1.36. The molecule has 2 heterocycles. The first-order valence-corrected chi connectivity index (χ1v) is 7.11. The van der Waals surface area contributed by atoms with Crippen LogP contribution < -0.4 is 9.47 Å². The molecule has 104 valence electrons. The Morgan fingerprint density at radius 2 is 2.20 bits per heavy atom. The van der Waals surface area contributed by atoms with Crippen LogP contribution in [0.4, 0.5) is 0 Å². The molecule has 5 heteroatoms. The van der Waals surface area contributed by atoms with E-state index in [0.717, 1.165) is 15.7 Å². The predicted molar refractivity (Wildman–Crippen MR) is 77.9 cm³/mol. The average Bonchev–Trinajstić information content (AvgIpc) is 2.47. The lowest BCUT2D eigenvalue weighted by Gasteiger charge is -2.29. The fourth-order valence-corrected chi connectivity index (χ4v) is 2.54. The topological polar surface area (TPSA) is 51.6 Å². The van der Waals surface area contributed by atoms with E-state index in [1.807, 2.05) is 24.3 Å². The molecule has 0 saturated carbocycles. The van der Waals surface area contributed by atoms with Crippen molar-refractivity contribution in [2.75, 3.05) is 7.11 Å². The summed E-state index contributed by atoms with van der Waals surface area (Å²) in [6.45, 7) is 0. The lowest BCUT2D eigenvalue weighted by atomic mass is 9.97. The number of hydrogen-bond acceptors (Lipinski definition) is 4. The maximum atomic E-state index is 10.3. The molecule has 1 aromatic heterocycles. The van der Waals surface area contributed by atoms with Crippen LogP contribution in [0.2, 0.25) is 0 Å². The number of benzene rings is 1. The number of halogens is 1. The van der Waals surface area contributed by atoms with Gasteiger partial charge in [0.15, 0.2) is 0 Å². The summed E-state index contributed by atoms with van der Waals surface area (Å²) in [7, 11) is 1.61. The number of methoxy groups -OCH3 is 1. The third kappa shape index (κ3) is 2.51. The number of aliphatic hydroxyl groups is 1. The molecule has 0 radical (unpaired) electrons. The zero-order chi connectivity index (χ0) is 14.1. The molecule has 2 atom stereocenters. The van der Waals surface area contributed by atoms with Crippen molar-refractivity contribution in [3.05, 3.63) is 52.3 Å². The van der Waals surface area contributed by atoms with Gasteiger partial charge in [-0.05, 0) is 40.2 Å². The zero-order valence-corrected chi connectivity index (χ0v) is 12.5. The summed E-state index contributed by atoms with van der Waals surface area (Å²) in [5, 5.41) is 10.3. The van der Waals surface area contributed by atoms with E-state index >= 15 is 0 Å². The van der Waals surface area contributed by atoms with Gasteiger partial charge in [0.05, 0.1) is 18.9 Å². The molecule has 1 aromatic carbocycles. The van der Waals surface area contributed by atoms with Crippen molar-refractivity contribution in [3.63, 3.8) is 0 Å². The maximum Gasteiger partial charge on any atom is 0.143 e. The van der Waals surface area contributed by atoms with Gasteiger partial charge in [-0.2, -0.15) is 0 Å². The van der Waals surface area contributed by atoms with Crippen LogP contribution in [0.15, 0.2) is 41.0 Å². The van der Waals surface area contributed by atoms with Gasteiger partial charge in [-0.3, -0.25) is 4.98 Å². The van der Waals surface area contributed by atoms with Gasteiger partial charge in [0.1, 0.15) is 17.6 Å². The summed E-state index contributed by atoms with van der Waals surface area (Å²) < 4.78 is 12.1. The highest BCUT2D eigenvalue weighted by molar-refractivity contribution is 9.10. The molecule has 0 fully saturated rings. The van der Waals surface area contributed by atoms with Gasteiger partial charge in [0, 0.05) is 28.7 Å². The molecule has 1 aliphatic heterocycles. The van der Waals surface area contributed by atoms with Crippen molar-refractivity contribution >= 4 is 15.9 Å². The second-order valence-electron chi connectivity index (χ2n) is 4.66. The Balaban J connectivity index is 1.92. The van der Waals surface area contributed by atoms with E-state index in [1.165, 1.54) is 0 Å². The smallest absolute Gasteiger partial charge is 0.143 e. The van der Waals surface area contributed by atoms with Crippen LogP contribution in [0.3, 0.4) is 0 Å². The highest BCUT2D eigenvalue weighted by Gasteiger charge is 2.29. The van der Waals surface area contributed by atoms with Crippen LogP contribution in [-0.2, 0) is 0 Å². The molecule has 0 aliphatic carbocycles. The third-order valence-electron chi connectivity index (χ3n) is 3.37. The fourth-order valence-electron chi connectivity index (χ4n) is 2.31.